The number of hydrogen-bond acceptors (Lipinski definition) is 8. The second kappa shape index (κ2) is 9.65. The quantitative estimate of drug-likeness (QED) is 0.514. The Balaban J connectivity index is 1.56. The molecule has 0 aliphatic heterocycles. The minimum atomic E-state index is -0.608. The first-order valence-corrected chi connectivity index (χ1v) is 10.3. The molecule has 0 bridgehead atoms. The number of likely N-dealkylation sites (N-methyl/N-ethyl adjacent to an activating group) is 1. The number of nitrogens with one attached hydrogen (secondary N) is 1. The molecule has 0 atom stereocenters. The summed E-state index contributed by atoms with van der Waals surface area (Å²) in [5.41, 5.74) is 2.94. The van der Waals surface area contributed by atoms with Crippen LogP contribution in [0.2, 0.25) is 0 Å². The Morgan fingerprint density at radius 2 is 2.12 bits per heavy atom. The van der Waals surface area contributed by atoms with E-state index >= 15 is 0 Å². The fraction of sp³-hybridized carbons (Fsp3) is 0.318. The molecule has 3 aromatic rings. The Morgan fingerprint density at radius 3 is 2.91 bits per heavy atom. The Bertz CT molecular complexity index is 1110. The van der Waals surface area contributed by atoms with E-state index in [1.807, 2.05) is 0 Å². The zero-order chi connectivity index (χ0) is 22.5. The number of amides is 1. The number of halogens is 1. The number of aliphatic hydroxyl groups is 1. The van der Waals surface area contributed by atoms with Gasteiger partial charge in [-0.15, -0.1) is 0 Å². The summed E-state index contributed by atoms with van der Waals surface area (Å²) >= 11 is 0. The standard InChI is InChI=1S/C22H23FN6O3/c1-29(13-20(31)26-14-5-6-19(23)25-12-14)22-16-3-2-4-17(16)27-21(28-22)18-11-15(7-8-24-18)32-10-9-30/h5-8,11-12,30H,2-4,9-10,13H2,1H3,(H,26,31). The van der Waals surface area contributed by atoms with Crippen LogP contribution in [-0.2, 0) is 17.6 Å². The van der Waals surface area contributed by atoms with Crippen LogP contribution in [0.15, 0.2) is 36.7 Å². The number of aryl methyl sites for hydroxylation is 1. The van der Waals surface area contributed by atoms with E-state index in [2.05, 4.69) is 15.3 Å². The fourth-order valence-electron chi connectivity index (χ4n) is 3.57. The van der Waals surface area contributed by atoms with Gasteiger partial charge in [-0.25, -0.2) is 15.0 Å². The number of rotatable bonds is 8. The Hall–Kier alpha value is -3.66. The van der Waals surface area contributed by atoms with Gasteiger partial charge in [0.15, 0.2) is 5.82 Å². The summed E-state index contributed by atoms with van der Waals surface area (Å²) in [5.74, 6) is 0.813. The predicted octanol–water partition coefficient (Wildman–Crippen LogP) is 2.01. The molecule has 3 aromatic heterocycles. The average Bonchev–Trinajstić information content (AvgIpc) is 3.27. The van der Waals surface area contributed by atoms with Crippen LogP contribution in [0.3, 0.4) is 0 Å². The smallest absolute Gasteiger partial charge is 0.243 e. The largest absolute Gasteiger partial charge is 0.491 e. The van der Waals surface area contributed by atoms with Crippen LogP contribution >= 0.6 is 0 Å². The number of anilines is 2. The van der Waals surface area contributed by atoms with E-state index < -0.39 is 5.95 Å². The van der Waals surface area contributed by atoms with Gasteiger partial charge in [-0.05, 0) is 37.5 Å². The van der Waals surface area contributed by atoms with Crippen LogP contribution in [0.5, 0.6) is 5.75 Å². The van der Waals surface area contributed by atoms with E-state index in [9.17, 15) is 9.18 Å². The van der Waals surface area contributed by atoms with E-state index in [1.165, 1.54) is 18.3 Å². The van der Waals surface area contributed by atoms with Gasteiger partial charge < -0.3 is 20.1 Å². The lowest BCUT2D eigenvalue weighted by atomic mass is 10.2. The molecule has 0 radical (unpaired) electrons. The molecule has 0 saturated heterocycles. The summed E-state index contributed by atoms with van der Waals surface area (Å²) in [5, 5.41) is 11.7. The van der Waals surface area contributed by atoms with E-state index in [0.29, 0.717) is 28.8 Å². The monoisotopic (exact) mass is 438 g/mol. The summed E-state index contributed by atoms with van der Waals surface area (Å²) in [4.78, 5) is 31.6. The molecule has 0 spiro atoms. The van der Waals surface area contributed by atoms with Gasteiger partial charge in [-0.2, -0.15) is 4.39 Å². The Kier molecular flexibility index (Phi) is 6.50. The number of nitrogens with zero attached hydrogens (tertiary/aromatic N) is 5. The normalized spacial score (nSPS) is 12.3. The zero-order valence-corrected chi connectivity index (χ0v) is 17.6. The lowest BCUT2D eigenvalue weighted by Crippen LogP contribution is -2.31. The van der Waals surface area contributed by atoms with Crippen LogP contribution in [0, 0.1) is 5.95 Å². The van der Waals surface area contributed by atoms with E-state index in [0.717, 1.165) is 30.5 Å². The van der Waals surface area contributed by atoms with Gasteiger partial charge in [0.1, 0.15) is 23.9 Å². The molecule has 166 valence electrons. The topological polar surface area (TPSA) is 113 Å². The first kappa shape index (κ1) is 21.6. The third kappa shape index (κ3) is 4.97. The van der Waals surface area contributed by atoms with E-state index in [-0.39, 0.29) is 25.7 Å². The van der Waals surface area contributed by atoms with Crippen molar-refractivity contribution in [3.8, 4) is 17.3 Å². The molecule has 1 aliphatic carbocycles. The number of fused-ring (bicyclic) bond motifs is 1. The van der Waals surface area contributed by atoms with Gasteiger partial charge in [0.2, 0.25) is 11.9 Å². The third-order valence-electron chi connectivity index (χ3n) is 4.99. The first-order chi connectivity index (χ1) is 15.5. The van der Waals surface area contributed by atoms with Crippen molar-refractivity contribution in [2.45, 2.75) is 19.3 Å². The highest BCUT2D eigenvalue weighted by atomic mass is 19.1. The third-order valence-corrected chi connectivity index (χ3v) is 4.99. The molecule has 0 aromatic carbocycles. The van der Waals surface area contributed by atoms with E-state index in [1.54, 1.807) is 30.3 Å². The van der Waals surface area contributed by atoms with Gasteiger partial charge >= 0.3 is 0 Å². The lowest BCUT2D eigenvalue weighted by Gasteiger charge is -2.21. The van der Waals surface area contributed by atoms with Gasteiger partial charge in [0, 0.05) is 30.6 Å². The molecule has 0 fully saturated rings. The molecular weight excluding hydrogens is 415 g/mol. The molecule has 32 heavy (non-hydrogen) atoms. The summed E-state index contributed by atoms with van der Waals surface area (Å²) in [7, 11) is 1.79. The van der Waals surface area contributed by atoms with Crippen molar-refractivity contribution in [2.75, 3.05) is 37.0 Å². The first-order valence-electron chi connectivity index (χ1n) is 10.3. The van der Waals surface area contributed by atoms with Crippen LogP contribution in [-0.4, -0.2) is 57.8 Å². The van der Waals surface area contributed by atoms with Crippen LogP contribution in [0.25, 0.3) is 11.5 Å². The highest BCUT2D eigenvalue weighted by Crippen LogP contribution is 2.31. The summed E-state index contributed by atoms with van der Waals surface area (Å²) in [6.07, 6.45) is 5.51. The molecule has 1 amide bonds. The molecular formula is C22H23FN6O3. The van der Waals surface area contributed by atoms with Gasteiger partial charge in [0.05, 0.1) is 25.0 Å². The SMILES string of the molecule is CN(CC(=O)Nc1ccc(F)nc1)c1nc(-c2cc(OCCO)ccn2)nc2c1CCC2. The van der Waals surface area contributed by atoms with Crippen LogP contribution < -0.4 is 15.0 Å². The number of ether oxygens (including phenoxy) is 1. The van der Waals surface area contributed by atoms with Crippen molar-refractivity contribution >= 4 is 17.4 Å². The molecule has 2 N–H and O–H groups in total. The molecule has 10 heteroatoms. The summed E-state index contributed by atoms with van der Waals surface area (Å²) in [6, 6.07) is 6.07. The average molecular weight is 438 g/mol. The number of aromatic nitrogens is 4. The van der Waals surface area contributed by atoms with Crippen molar-refractivity contribution in [2.24, 2.45) is 0 Å². The zero-order valence-electron chi connectivity index (χ0n) is 17.6. The number of carbonyl (C=O) groups excluding carboxylic acids is 1. The predicted molar refractivity (Wildman–Crippen MR) is 116 cm³/mol. The summed E-state index contributed by atoms with van der Waals surface area (Å²) in [6.45, 7) is 0.145. The fourth-order valence-corrected chi connectivity index (χ4v) is 3.57. The second-order valence-electron chi connectivity index (χ2n) is 7.37. The number of carbonyl (C=O) groups is 1. The van der Waals surface area contributed by atoms with Crippen molar-refractivity contribution in [3.05, 3.63) is 53.9 Å². The molecule has 9 nitrogen and oxygen atoms in total. The number of pyridine rings is 2. The Labute approximate surface area is 184 Å². The van der Waals surface area contributed by atoms with Crippen molar-refractivity contribution < 1.29 is 19.0 Å². The summed E-state index contributed by atoms with van der Waals surface area (Å²) < 4.78 is 18.4. The van der Waals surface area contributed by atoms with Gasteiger partial charge in [-0.3, -0.25) is 9.78 Å². The molecule has 0 unspecified atom stereocenters. The van der Waals surface area contributed by atoms with Crippen LogP contribution in [0.1, 0.15) is 17.7 Å². The highest BCUT2D eigenvalue weighted by Gasteiger charge is 2.23. The minimum absolute atomic E-state index is 0.0490. The van der Waals surface area contributed by atoms with Crippen LogP contribution in [0.4, 0.5) is 15.9 Å². The number of hydrogen-bond donors (Lipinski definition) is 2. The maximum absolute atomic E-state index is 13.0. The van der Waals surface area contributed by atoms with Gasteiger partial charge in [-0.1, -0.05) is 0 Å². The highest BCUT2D eigenvalue weighted by molar-refractivity contribution is 5.93. The van der Waals surface area contributed by atoms with Gasteiger partial charge in [0.25, 0.3) is 0 Å². The van der Waals surface area contributed by atoms with E-state index in [4.69, 9.17) is 19.8 Å². The minimum Gasteiger partial charge on any atom is -0.491 e. The Morgan fingerprint density at radius 1 is 1.25 bits per heavy atom. The maximum Gasteiger partial charge on any atom is 0.243 e. The molecule has 4 rings (SSSR count). The van der Waals surface area contributed by atoms with Crippen molar-refractivity contribution in [1.29, 1.82) is 0 Å². The number of aliphatic hydroxyl groups excluding tert-OH is 1. The molecule has 1 aliphatic rings. The van der Waals surface area contributed by atoms with Crippen molar-refractivity contribution in [1.82, 2.24) is 19.9 Å². The maximum atomic E-state index is 13.0. The van der Waals surface area contributed by atoms with Crippen molar-refractivity contribution in [3.63, 3.8) is 0 Å². The lowest BCUT2D eigenvalue weighted by molar-refractivity contribution is -0.114. The molecule has 0 saturated carbocycles. The molecule has 3 heterocycles. The second-order valence-corrected chi connectivity index (χ2v) is 7.37.